The van der Waals surface area contributed by atoms with Gasteiger partial charge in [0.15, 0.2) is 5.78 Å². The Morgan fingerprint density at radius 1 is 1.19 bits per heavy atom. The molecule has 1 amide bonds. The maximum absolute atomic E-state index is 12.0. The molecule has 21 heavy (non-hydrogen) atoms. The van der Waals surface area contributed by atoms with Gasteiger partial charge in [-0.2, -0.15) is 0 Å². The van der Waals surface area contributed by atoms with Gasteiger partial charge < -0.3 is 15.2 Å². The van der Waals surface area contributed by atoms with Crippen LogP contribution in [-0.2, 0) is 9.53 Å². The highest BCUT2D eigenvalue weighted by Gasteiger charge is 2.26. The van der Waals surface area contributed by atoms with E-state index in [9.17, 15) is 14.4 Å². The third-order valence-corrected chi connectivity index (χ3v) is 2.47. The molecule has 6 nitrogen and oxygen atoms in total. The number of nitrogens with one attached hydrogen (secondary N) is 1. The second kappa shape index (κ2) is 6.88. The summed E-state index contributed by atoms with van der Waals surface area (Å²) in [6.07, 6.45) is -1.20. The summed E-state index contributed by atoms with van der Waals surface area (Å²) in [6, 6.07) is 6.98. The van der Waals surface area contributed by atoms with Crippen LogP contribution < -0.4 is 5.32 Å². The van der Waals surface area contributed by atoms with Crippen molar-refractivity contribution in [3.63, 3.8) is 0 Å². The van der Waals surface area contributed by atoms with Gasteiger partial charge in [-0.15, -0.1) is 0 Å². The molecule has 0 bridgehead atoms. The maximum Gasteiger partial charge on any atom is 0.408 e. The van der Waals surface area contributed by atoms with E-state index < -0.39 is 23.7 Å². The number of hydrogen-bond acceptors (Lipinski definition) is 4. The summed E-state index contributed by atoms with van der Waals surface area (Å²) in [4.78, 5) is 34.7. The molecule has 0 aliphatic carbocycles. The van der Waals surface area contributed by atoms with E-state index in [4.69, 9.17) is 9.84 Å². The van der Waals surface area contributed by atoms with Crippen LogP contribution in [0.1, 0.15) is 37.6 Å². The minimum atomic E-state index is -1.33. The number of aliphatic carboxylic acids is 1. The number of Topliss-reactive ketones (excluding diaryl/α,β-unsaturated/α-hetero) is 1. The van der Waals surface area contributed by atoms with Gasteiger partial charge in [0.25, 0.3) is 0 Å². The first-order valence-corrected chi connectivity index (χ1v) is 6.49. The van der Waals surface area contributed by atoms with Crippen LogP contribution in [0.15, 0.2) is 30.3 Å². The Hall–Kier alpha value is -2.37. The molecule has 0 heterocycles. The Morgan fingerprint density at radius 3 is 2.24 bits per heavy atom. The molecule has 1 aromatic carbocycles. The average molecular weight is 293 g/mol. The summed E-state index contributed by atoms with van der Waals surface area (Å²) < 4.78 is 4.98. The molecular formula is C15H19NO5. The van der Waals surface area contributed by atoms with E-state index >= 15 is 0 Å². The van der Waals surface area contributed by atoms with Gasteiger partial charge in [-0.1, -0.05) is 30.3 Å². The summed E-state index contributed by atoms with van der Waals surface area (Å²) in [5.41, 5.74) is -0.342. The van der Waals surface area contributed by atoms with Crippen LogP contribution >= 0.6 is 0 Å². The van der Waals surface area contributed by atoms with Gasteiger partial charge in [0.05, 0.1) is 0 Å². The largest absolute Gasteiger partial charge is 0.480 e. The average Bonchev–Trinajstić information content (AvgIpc) is 2.36. The summed E-state index contributed by atoms with van der Waals surface area (Å²) in [5.74, 6) is -1.65. The highest BCUT2D eigenvalue weighted by molar-refractivity contribution is 5.99. The van der Waals surface area contributed by atoms with Crippen molar-refractivity contribution in [2.24, 2.45) is 0 Å². The number of ketones is 1. The summed E-state index contributed by atoms with van der Waals surface area (Å²) >= 11 is 0. The van der Waals surface area contributed by atoms with E-state index in [1.54, 1.807) is 51.1 Å². The maximum atomic E-state index is 12.0. The van der Waals surface area contributed by atoms with Gasteiger partial charge >= 0.3 is 12.1 Å². The second-order valence-corrected chi connectivity index (χ2v) is 5.53. The molecule has 0 aliphatic rings. The first kappa shape index (κ1) is 16.7. The zero-order valence-corrected chi connectivity index (χ0v) is 12.3. The molecule has 0 saturated heterocycles. The number of carbonyl (C=O) groups excluding carboxylic acids is 2. The SMILES string of the molecule is CC(C)(C)OC(=O)NC(CC(=O)c1ccccc1)C(=O)O. The zero-order valence-electron chi connectivity index (χ0n) is 12.3. The van der Waals surface area contributed by atoms with Crippen molar-refractivity contribution in [3.8, 4) is 0 Å². The fourth-order valence-electron chi connectivity index (χ4n) is 1.58. The van der Waals surface area contributed by atoms with Crippen LogP contribution in [0, 0.1) is 0 Å². The first-order chi connectivity index (χ1) is 9.69. The number of carbonyl (C=O) groups is 3. The van der Waals surface area contributed by atoms with E-state index in [0.29, 0.717) is 5.56 Å². The van der Waals surface area contributed by atoms with Gasteiger partial charge in [-0.3, -0.25) is 4.79 Å². The fourth-order valence-corrected chi connectivity index (χ4v) is 1.58. The number of ether oxygens (including phenoxy) is 1. The van der Waals surface area contributed by atoms with Crippen LogP contribution in [0.3, 0.4) is 0 Å². The Kier molecular flexibility index (Phi) is 5.46. The highest BCUT2D eigenvalue weighted by atomic mass is 16.6. The van der Waals surface area contributed by atoms with Crippen molar-refractivity contribution in [2.45, 2.75) is 38.8 Å². The predicted molar refractivity (Wildman–Crippen MR) is 76.2 cm³/mol. The Morgan fingerprint density at radius 2 is 1.76 bits per heavy atom. The van der Waals surface area contributed by atoms with Gasteiger partial charge in [0.2, 0.25) is 0 Å². The van der Waals surface area contributed by atoms with Gasteiger partial charge in [0.1, 0.15) is 11.6 Å². The molecule has 0 aliphatic heterocycles. The molecule has 0 radical (unpaired) electrons. The van der Waals surface area contributed by atoms with Gasteiger partial charge in [0, 0.05) is 12.0 Å². The Balaban J connectivity index is 2.69. The van der Waals surface area contributed by atoms with Crippen LogP contribution in [0.5, 0.6) is 0 Å². The lowest BCUT2D eigenvalue weighted by molar-refractivity contribution is -0.139. The number of rotatable bonds is 5. The normalized spacial score (nSPS) is 12.3. The number of hydrogen-bond donors (Lipinski definition) is 2. The molecule has 0 spiro atoms. The van der Waals surface area contributed by atoms with Crippen molar-refractivity contribution in [3.05, 3.63) is 35.9 Å². The molecule has 114 valence electrons. The molecule has 1 aromatic rings. The highest BCUT2D eigenvalue weighted by Crippen LogP contribution is 2.09. The first-order valence-electron chi connectivity index (χ1n) is 6.49. The zero-order chi connectivity index (χ0) is 16.0. The monoisotopic (exact) mass is 293 g/mol. The topological polar surface area (TPSA) is 92.7 Å². The third-order valence-electron chi connectivity index (χ3n) is 2.47. The fraction of sp³-hybridized carbons (Fsp3) is 0.400. The standard InChI is InChI=1S/C15H19NO5/c1-15(2,3)21-14(20)16-11(13(18)19)9-12(17)10-7-5-4-6-8-10/h4-8,11H,9H2,1-3H3,(H,16,20)(H,18,19). The van der Waals surface area contributed by atoms with Crippen LogP contribution in [0.4, 0.5) is 4.79 Å². The molecule has 0 aromatic heterocycles. The van der Waals surface area contributed by atoms with Crippen molar-refractivity contribution in [1.82, 2.24) is 5.32 Å². The van der Waals surface area contributed by atoms with E-state index in [0.717, 1.165) is 0 Å². The summed E-state index contributed by atoms with van der Waals surface area (Å²) in [5, 5.41) is 11.3. The Labute approximate surface area is 123 Å². The molecule has 0 fully saturated rings. The molecule has 1 atom stereocenters. The predicted octanol–water partition coefficient (Wildman–Crippen LogP) is 2.24. The van der Waals surface area contributed by atoms with Gasteiger partial charge in [-0.05, 0) is 20.8 Å². The quantitative estimate of drug-likeness (QED) is 0.812. The third kappa shape index (κ3) is 6.07. The number of benzene rings is 1. The van der Waals surface area contributed by atoms with Gasteiger partial charge in [-0.25, -0.2) is 9.59 Å². The summed E-state index contributed by atoms with van der Waals surface area (Å²) in [6.45, 7) is 4.99. The number of alkyl carbamates (subject to hydrolysis) is 1. The summed E-state index contributed by atoms with van der Waals surface area (Å²) in [7, 11) is 0. The molecule has 1 unspecified atom stereocenters. The lowest BCUT2D eigenvalue weighted by atomic mass is 10.0. The molecular weight excluding hydrogens is 274 g/mol. The van der Waals surface area contributed by atoms with Crippen molar-refractivity contribution < 1.29 is 24.2 Å². The number of carboxylic acids is 1. The molecule has 2 N–H and O–H groups in total. The smallest absolute Gasteiger partial charge is 0.408 e. The van der Waals surface area contributed by atoms with E-state index in [1.807, 2.05) is 0 Å². The van der Waals surface area contributed by atoms with Crippen molar-refractivity contribution in [1.29, 1.82) is 0 Å². The van der Waals surface area contributed by atoms with Crippen molar-refractivity contribution in [2.75, 3.05) is 0 Å². The number of carboxylic acid groups (broad SMARTS) is 1. The lowest BCUT2D eigenvalue weighted by Crippen LogP contribution is -2.44. The molecule has 1 rings (SSSR count). The molecule has 6 heteroatoms. The molecule has 0 saturated carbocycles. The van der Waals surface area contributed by atoms with Crippen molar-refractivity contribution >= 4 is 17.8 Å². The van der Waals surface area contributed by atoms with Crippen LogP contribution in [0.2, 0.25) is 0 Å². The van der Waals surface area contributed by atoms with E-state index in [-0.39, 0.29) is 12.2 Å². The second-order valence-electron chi connectivity index (χ2n) is 5.53. The van der Waals surface area contributed by atoms with E-state index in [2.05, 4.69) is 5.32 Å². The Bertz CT molecular complexity index is 519. The van der Waals surface area contributed by atoms with E-state index in [1.165, 1.54) is 0 Å². The van der Waals surface area contributed by atoms with Crippen LogP contribution in [0.25, 0.3) is 0 Å². The minimum Gasteiger partial charge on any atom is -0.480 e. The van der Waals surface area contributed by atoms with Crippen LogP contribution in [-0.4, -0.2) is 34.6 Å². The lowest BCUT2D eigenvalue weighted by Gasteiger charge is -2.21. The number of amides is 1. The minimum absolute atomic E-state index is 0.335.